The molecule has 4 heteroatoms. The summed E-state index contributed by atoms with van der Waals surface area (Å²) in [7, 11) is 0. The first-order chi connectivity index (χ1) is 8.59. The summed E-state index contributed by atoms with van der Waals surface area (Å²) in [4.78, 5) is 4.59. The van der Waals surface area contributed by atoms with Crippen LogP contribution in [-0.4, -0.2) is 11.5 Å². The molecule has 1 N–H and O–H groups in total. The van der Waals surface area contributed by atoms with E-state index < -0.39 is 0 Å². The summed E-state index contributed by atoms with van der Waals surface area (Å²) < 4.78 is 1.19. The van der Waals surface area contributed by atoms with E-state index in [0.29, 0.717) is 5.41 Å². The molecule has 1 aliphatic carbocycles. The molecule has 18 heavy (non-hydrogen) atoms. The van der Waals surface area contributed by atoms with Gasteiger partial charge in [0.1, 0.15) is 0 Å². The minimum atomic E-state index is 0.509. The Bertz CT molecular complexity index is 572. The Morgan fingerprint density at radius 3 is 2.89 bits per heavy atom. The highest BCUT2D eigenvalue weighted by atomic mass is 35.5. The fourth-order valence-electron chi connectivity index (χ4n) is 2.35. The third-order valence-corrected chi connectivity index (χ3v) is 5.29. The third kappa shape index (κ3) is 2.21. The first kappa shape index (κ1) is 12.2. The molecule has 1 fully saturated rings. The Kier molecular flexibility index (Phi) is 2.99. The maximum atomic E-state index is 5.97. The second-order valence-electron chi connectivity index (χ2n) is 5.50. The summed E-state index contributed by atoms with van der Waals surface area (Å²) >= 11 is 7.68. The van der Waals surface area contributed by atoms with Crippen LogP contribution in [0.5, 0.6) is 0 Å². The van der Waals surface area contributed by atoms with E-state index in [-0.39, 0.29) is 0 Å². The topological polar surface area (TPSA) is 24.9 Å². The van der Waals surface area contributed by atoms with Gasteiger partial charge in [-0.15, -0.1) is 0 Å². The Labute approximate surface area is 116 Å². The maximum absolute atomic E-state index is 5.97. The van der Waals surface area contributed by atoms with Crippen LogP contribution in [0.25, 0.3) is 10.2 Å². The van der Waals surface area contributed by atoms with Crippen LogP contribution in [0.15, 0.2) is 18.2 Å². The van der Waals surface area contributed by atoms with Gasteiger partial charge in [0.25, 0.3) is 0 Å². The highest BCUT2D eigenvalue weighted by Crippen LogP contribution is 2.51. The largest absolute Gasteiger partial charge is 0.361 e. The molecule has 0 saturated heterocycles. The number of fused-ring (bicyclic) bond motifs is 1. The molecule has 1 aliphatic rings. The number of halogens is 1. The van der Waals surface area contributed by atoms with Gasteiger partial charge >= 0.3 is 0 Å². The Morgan fingerprint density at radius 1 is 1.44 bits per heavy atom. The van der Waals surface area contributed by atoms with Crippen LogP contribution in [0.3, 0.4) is 0 Å². The molecule has 1 aromatic carbocycles. The number of nitrogens with zero attached hydrogens (tertiary/aromatic N) is 1. The average Bonchev–Trinajstić information content (AvgIpc) is 3.02. The van der Waals surface area contributed by atoms with Crippen molar-refractivity contribution in [3.8, 4) is 0 Å². The quantitative estimate of drug-likeness (QED) is 0.870. The van der Waals surface area contributed by atoms with E-state index >= 15 is 0 Å². The summed E-state index contributed by atoms with van der Waals surface area (Å²) in [6, 6.07) is 5.88. The fourth-order valence-corrected chi connectivity index (χ4v) is 3.35. The number of hydrogen-bond donors (Lipinski definition) is 1. The van der Waals surface area contributed by atoms with Crippen LogP contribution in [0.4, 0.5) is 5.13 Å². The van der Waals surface area contributed by atoms with Crippen molar-refractivity contribution in [3.63, 3.8) is 0 Å². The zero-order chi connectivity index (χ0) is 12.8. The van der Waals surface area contributed by atoms with E-state index in [1.165, 1.54) is 17.5 Å². The van der Waals surface area contributed by atoms with Gasteiger partial charge in [-0.2, -0.15) is 0 Å². The van der Waals surface area contributed by atoms with Crippen molar-refractivity contribution >= 4 is 38.3 Å². The van der Waals surface area contributed by atoms with E-state index in [1.54, 1.807) is 11.3 Å². The van der Waals surface area contributed by atoms with Crippen LogP contribution >= 0.6 is 22.9 Å². The molecule has 1 saturated carbocycles. The van der Waals surface area contributed by atoms with Crippen molar-refractivity contribution in [2.45, 2.75) is 26.7 Å². The maximum Gasteiger partial charge on any atom is 0.183 e. The highest BCUT2D eigenvalue weighted by molar-refractivity contribution is 7.22. The minimum absolute atomic E-state index is 0.509. The standard InChI is InChI=1S/C14H17ClN2S/c1-9(2)14(5-6-14)8-16-13-17-11-7-10(15)3-4-12(11)18-13/h3-4,7,9H,5-6,8H2,1-2H3,(H,16,17). The van der Waals surface area contributed by atoms with Crippen molar-refractivity contribution in [2.75, 3.05) is 11.9 Å². The van der Waals surface area contributed by atoms with Gasteiger partial charge in [-0.1, -0.05) is 36.8 Å². The number of nitrogens with one attached hydrogen (secondary N) is 1. The summed E-state index contributed by atoms with van der Waals surface area (Å²) in [6.07, 6.45) is 2.68. The van der Waals surface area contributed by atoms with E-state index in [2.05, 4.69) is 24.1 Å². The number of anilines is 1. The average molecular weight is 281 g/mol. The molecule has 0 radical (unpaired) electrons. The monoisotopic (exact) mass is 280 g/mol. The zero-order valence-corrected chi connectivity index (χ0v) is 12.2. The minimum Gasteiger partial charge on any atom is -0.361 e. The van der Waals surface area contributed by atoms with Crippen molar-refractivity contribution in [3.05, 3.63) is 23.2 Å². The second-order valence-corrected chi connectivity index (χ2v) is 6.97. The van der Waals surface area contributed by atoms with Crippen LogP contribution in [0.2, 0.25) is 5.02 Å². The number of hydrogen-bond acceptors (Lipinski definition) is 3. The van der Waals surface area contributed by atoms with Gasteiger partial charge in [-0.05, 0) is 42.4 Å². The lowest BCUT2D eigenvalue weighted by Crippen LogP contribution is -2.20. The number of thiazole rings is 1. The molecule has 1 aromatic heterocycles. The van der Waals surface area contributed by atoms with Crippen molar-refractivity contribution in [2.24, 2.45) is 11.3 Å². The van der Waals surface area contributed by atoms with E-state index in [1.807, 2.05) is 18.2 Å². The van der Waals surface area contributed by atoms with Crippen LogP contribution in [0, 0.1) is 11.3 Å². The van der Waals surface area contributed by atoms with Gasteiger partial charge in [0.2, 0.25) is 0 Å². The SMILES string of the molecule is CC(C)C1(CNc2nc3cc(Cl)ccc3s2)CC1. The molecule has 0 spiro atoms. The molecule has 96 valence electrons. The lowest BCUT2D eigenvalue weighted by Gasteiger charge is -2.19. The molecule has 3 rings (SSSR count). The lowest BCUT2D eigenvalue weighted by molar-refractivity contribution is 0.380. The van der Waals surface area contributed by atoms with Crippen LogP contribution < -0.4 is 5.32 Å². The molecule has 0 unspecified atom stereocenters. The van der Waals surface area contributed by atoms with Crippen molar-refractivity contribution in [1.82, 2.24) is 4.98 Å². The highest BCUT2D eigenvalue weighted by Gasteiger charge is 2.45. The second kappa shape index (κ2) is 4.39. The normalized spacial score (nSPS) is 17.3. The summed E-state index contributed by atoms with van der Waals surface area (Å²) in [6.45, 7) is 5.66. The third-order valence-electron chi connectivity index (χ3n) is 4.06. The van der Waals surface area contributed by atoms with E-state index in [9.17, 15) is 0 Å². The predicted molar refractivity (Wildman–Crippen MR) is 79.6 cm³/mol. The Morgan fingerprint density at radius 2 is 2.22 bits per heavy atom. The summed E-state index contributed by atoms with van der Waals surface area (Å²) in [5, 5.41) is 5.27. The molecular formula is C14H17ClN2S. The molecule has 2 nitrogen and oxygen atoms in total. The van der Waals surface area contributed by atoms with Gasteiger partial charge in [-0.3, -0.25) is 0 Å². The predicted octanol–water partition coefficient (Wildman–Crippen LogP) is 4.80. The van der Waals surface area contributed by atoms with Gasteiger partial charge < -0.3 is 5.32 Å². The molecule has 2 aromatic rings. The van der Waals surface area contributed by atoms with Crippen molar-refractivity contribution in [1.29, 1.82) is 0 Å². The summed E-state index contributed by atoms with van der Waals surface area (Å²) in [5.41, 5.74) is 1.50. The first-order valence-electron chi connectivity index (χ1n) is 6.39. The van der Waals surface area contributed by atoms with Gasteiger partial charge in [0.15, 0.2) is 5.13 Å². The van der Waals surface area contributed by atoms with Crippen LogP contribution in [-0.2, 0) is 0 Å². The zero-order valence-electron chi connectivity index (χ0n) is 10.7. The van der Waals surface area contributed by atoms with E-state index in [0.717, 1.165) is 28.1 Å². The van der Waals surface area contributed by atoms with Crippen molar-refractivity contribution < 1.29 is 0 Å². The van der Waals surface area contributed by atoms with Gasteiger partial charge in [0.05, 0.1) is 10.2 Å². The van der Waals surface area contributed by atoms with Gasteiger partial charge in [-0.25, -0.2) is 4.98 Å². The number of rotatable bonds is 4. The molecule has 0 aliphatic heterocycles. The van der Waals surface area contributed by atoms with E-state index in [4.69, 9.17) is 11.6 Å². The Balaban J connectivity index is 1.75. The smallest absolute Gasteiger partial charge is 0.183 e. The molecule has 0 amide bonds. The number of benzene rings is 1. The molecular weight excluding hydrogens is 264 g/mol. The molecule has 1 heterocycles. The fraction of sp³-hybridized carbons (Fsp3) is 0.500. The lowest BCUT2D eigenvalue weighted by atomic mass is 9.92. The number of aromatic nitrogens is 1. The van der Waals surface area contributed by atoms with Crippen LogP contribution in [0.1, 0.15) is 26.7 Å². The Hall–Kier alpha value is -0.800. The van der Waals surface area contributed by atoms with Gasteiger partial charge in [0, 0.05) is 11.6 Å². The molecule has 0 atom stereocenters. The summed E-state index contributed by atoms with van der Waals surface area (Å²) in [5.74, 6) is 0.744. The first-order valence-corrected chi connectivity index (χ1v) is 7.58. The molecule has 0 bridgehead atoms.